The highest BCUT2D eigenvalue weighted by Crippen LogP contribution is 2.25. The first-order chi connectivity index (χ1) is 14.2. The van der Waals surface area contributed by atoms with Crippen LogP contribution in [0.5, 0.6) is 0 Å². The minimum Gasteiger partial charge on any atom is -0.379 e. The quantitative estimate of drug-likeness (QED) is 0.670. The maximum absolute atomic E-state index is 13.4. The van der Waals surface area contributed by atoms with Crippen molar-refractivity contribution in [3.63, 3.8) is 0 Å². The molecule has 3 rings (SSSR count). The summed E-state index contributed by atoms with van der Waals surface area (Å²) in [4.78, 5) is 14.9. The number of anilines is 1. The predicted molar refractivity (Wildman–Crippen MR) is 114 cm³/mol. The number of ether oxygens (including phenoxy) is 1. The lowest BCUT2D eigenvalue weighted by Crippen LogP contribution is -2.43. The van der Waals surface area contributed by atoms with Gasteiger partial charge in [-0.05, 0) is 35.9 Å². The Labute approximate surface area is 180 Å². The molecule has 1 saturated heterocycles. The van der Waals surface area contributed by atoms with Crippen molar-refractivity contribution in [2.45, 2.75) is 6.04 Å². The predicted octanol–water partition coefficient (Wildman–Crippen LogP) is 2.65. The second-order valence-electron chi connectivity index (χ2n) is 6.99. The fourth-order valence-electron chi connectivity index (χ4n) is 3.27. The first-order valence-corrected chi connectivity index (χ1v) is 11.6. The molecule has 0 aliphatic carbocycles. The number of rotatable bonds is 7. The van der Waals surface area contributed by atoms with Gasteiger partial charge < -0.3 is 10.1 Å². The van der Waals surface area contributed by atoms with Crippen LogP contribution in [0.15, 0.2) is 42.5 Å². The number of morpholine rings is 1. The lowest BCUT2D eigenvalue weighted by molar-refractivity contribution is 0.0162. The topological polar surface area (TPSA) is 87.7 Å². The molecule has 1 aliphatic rings. The third-order valence-electron chi connectivity index (χ3n) is 4.72. The highest BCUT2D eigenvalue weighted by Gasteiger charge is 2.23. The number of carbonyl (C=O) groups excluding carboxylic acids is 1. The second-order valence-corrected chi connectivity index (χ2v) is 9.15. The van der Waals surface area contributed by atoms with Gasteiger partial charge in [-0.2, -0.15) is 0 Å². The minimum absolute atomic E-state index is 0.134. The number of carbonyl (C=O) groups is 1. The Kier molecular flexibility index (Phi) is 7.30. The maximum atomic E-state index is 13.4. The standard InChI is InChI=1S/C20H23ClFN3O4S/c1-30(27,28)24-18-12-15(4-7-17(18)21)20(26)23-13-19(25-8-10-29-11-9-25)14-2-5-16(22)6-3-14/h2-7,12,19,24H,8-11,13H2,1H3,(H,23,26). The van der Waals surface area contributed by atoms with Gasteiger partial charge in [-0.25, -0.2) is 12.8 Å². The highest BCUT2D eigenvalue weighted by atomic mass is 35.5. The second kappa shape index (κ2) is 9.74. The zero-order valence-electron chi connectivity index (χ0n) is 16.4. The van der Waals surface area contributed by atoms with Crippen LogP contribution in [0.25, 0.3) is 0 Å². The fraction of sp³-hybridized carbons (Fsp3) is 0.350. The Bertz CT molecular complexity index is 996. The molecule has 1 atom stereocenters. The number of nitrogens with zero attached hydrogens (tertiary/aromatic N) is 1. The van der Waals surface area contributed by atoms with E-state index >= 15 is 0 Å². The average Bonchev–Trinajstić information content (AvgIpc) is 2.71. The number of nitrogens with one attached hydrogen (secondary N) is 2. The number of amides is 1. The van der Waals surface area contributed by atoms with Crippen LogP contribution >= 0.6 is 11.6 Å². The molecule has 2 aromatic rings. The molecular formula is C20H23ClFN3O4S. The molecule has 1 aliphatic heterocycles. The van der Waals surface area contributed by atoms with Gasteiger partial charge >= 0.3 is 0 Å². The SMILES string of the molecule is CS(=O)(=O)Nc1cc(C(=O)NCC(c2ccc(F)cc2)N2CCOCC2)ccc1Cl. The summed E-state index contributed by atoms with van der Waals surface area (Å²) in [6, 6.07) is 10.4. The summed E-state index contributed by atoms with van der Waals surface area (Å²) in [5.41, 5.74) is 1.29. The van der Waals surface area contributed by atoms with Crippen LogP contribution < -0.4 is 10.0 Å². The van der Waals surface area contributed by atoms with E-state index in [1.54, 1.807) is 12.1 Å². The molecule has 1 fully saturated rings. The van der Waals surface area contributed by atoms with Crippen molar-refractivity contribution < 1.29 is 22.3 Å². The monoisotopic (exact) mass is 455 g/mol. The Morgan fingerprint density at radius 1 is 1.20 bits per heavy atom. The summed E-state index contributed by atoms with van der Waals surface area (Å²) in [6.07, 6.45) is 1.01. The lowest BCUT2D eigenvalue weighted by Gasteiger charge is -2.35. The molecule has 0 spiro atoms. The van der Waals surface area contributed by atoms with Gasteiger partial charge in [-0.3, -0.25) is 14.4 Å². The van der Waals surface area contributed by atoms with Crippen molar-refractivity contribution in [2.24, 2.45) is 0 Å². The number of hydrogen-bond acceptors (Lipinski definition) is 5. The molecule has 1 unspecified atom stereocenters. The molecule has 2 aromatic carbocycles. The maximum Gasteiger partial charge on any atom is 0.251 e. The zero-order chi connectivity index (χ0) is 21.7. The first kappa shape index (κ1) is 22.5. The van der Waals surface area contributed by atoms with E-state index < -0.39 is 10.0 Å². The summed E-state index contributed by atoms with van der Waals surface area (Å²) >= 11 is 6.02. The molecular weight excluding hydrogens is 433 g/mol. The molecule has 1 amide bonds. The molecule has 30 heavy (non-hydrogen) atoms. The van der Waals surface area contributed by atoms with Crippen molar-refractivity contribution in [1.29, 1.82) is 0 Å². The summed E-state index contributed by atoms with van der Waals surface area (Å²) in [5.74, 6) is -0.695. The van der Waals surface area contributed by atoms with E-state index in [9.17, 15) is 17.6 Å². The smallest absolute Gasteiger partial charge is 0.251 e. The van der Waals surface area contributed by atoms with Gasteiger partial charge in [-0.15, -0.1) is 0 Å². The molecule has 1 heterocycles. The number of halogens is 2. The van der Waals surface area contributed by atoms with E-state index in [0.717, 1.165) is 11.8 Å². The van der Waals surface area contributed by atoms with E-state index in [2.05, 4.69) is 14.9 Å². The first-order valence-electron chi connectivity index (χ1n) is 9.36. The van der Waals surface area contributed by atoms with Gasteiger partial charge in [0.15, 0.2) is 0 Å². The molecule has 0 saturated carbocycles. The van der Waals surface area contributed by atoms with Crippen LogP contribution in [0.3, 0.4) is 0 Å². The Hall–Kier alpha value is -2.20. The van der Waals surface area contributed by atoms with E-state index in [4.69, 9.17) is 16.3 Å². The lowest BCUT2D eigenvalue weighted by atomic mass is 10.0. The van der Waals surface area contributed by atoms with Gasteiger partial charge in [0.25, 0.3) is 5.91 Å². The Balaban J connectivity index is 1.75. The Morgan fingerprint density at radius 2 is 1.87 bits per heavy atom. The molecule has 2 N–H and O–H groups in total. The fourth-order valence-corrected chi connectivity index (χ4v) is 4.06. The molecule has 0 bridgehead atoms. The van der Waals surface area contributed by atoms with Crippen molar-refractivity contribution in [1.82, 2.24) is 10.2 Å². The van der Waals surface area contributed by atoms with E-state index in [-0.39, 0.29) is 34.0 Å². The normalized spacial score (nSPS) is 16.1. The van der Waals surface area contributed by atoms with Crippen LogP contribution in [-0.4, -0.2) is 58.3 Å². The van der Waals surface area contributed by atoms with Gasteiger partial charge in [-0.1, -0.05) is 23.7 Å². The van der Waals surface area contributed by atoms with Crippen molar-refractivity contribution in [3.8, 4) is 0 Å². The minimum atomic E-state index is -3.54. The van der Waals surface area contributed by atoms with E-state index in [0.29, 0.717) is 32.8 Å². The van der Waals surface area contributed by atoms with Crippen LogP contribution in [0.2, 0.25) is 5.02 Å². The highest BCUT2D eigenvalue weighted by molar-refractivity contribution is 7.92. The Morgan fingerprint density at radius 3 is 2.50 bits per heavy atom. The van der Waals surface area contributed by atoms with Crippen LogP contribution in [-0.2, 0) is 14.8 Å². The summed E-state index contributed by atoms with van der Waals surface area (Å²) in [6.45, 7) is 2.86. The van der Waals surface area contributed by atoms with Crippen molar-refractivity contribution in [2.75, 3.05) is 43.8 Å². The molecule has 0 radical (unpaired) electrons. The summed E-state index contributed by atoms with van der Waals surface area (Å²) < 4.78 is 44.0. The average molecular weight is 456 g/mol. The van der Waals surface area contributed by atoms with Gasteiger partial charge in [0, 0.05) is 25.2 Å². The molecule has 7 nitrogen and oxygen atoms in total. The molecule has 10 heteroatoms. The molecule has 0 aromatic heterocycles. The van der Waals surface area contributed by atoms with Gasteiger partial charge in [0.1, 0.15) is 5.82 Å². The largest absolute Gasteiger partial charge is 0.379 e. The zero-order valence-corrected chi connectivity index (χ0v) is 18.0. The van der Waals surface area contributed by atoms with Crippen LogP contribution in [0.1, 0.15) is 22.0 Å². The number of hydrogen-bond donors (Lipinski definition) is 2. The number of sulfonamides is 1. The van der Waals surface area contributed by atoms with Crippen molar-refractivity contribution in [3.05, 3.63) is 64.4 Å². The van der Waals surface area contributed by atoms with Gasteiger partial charge in [0.05, 0.1) is 36.2 Å². The summed E-state index contributed by atoms with van der Waals surface area (Å²) in [5, 5.41) is 3.07. The van der Waals surface area contributed by atoms with Crippen LogP contribution in [0, 0.1) is 5.82 Å². The third-order valence-corrected chi connectivity index (χ3v) is 5.64. The summed E-state index contributed by atoms with van der Waals surface area (Å²) in [7, 11) is -3.54. The third kappa shape index (κ3) is 6.15. The van der Waals surface area contributed by atoms with E-state index in [1.165, 1.54) is 30.3 Å². The number of benzene rings is 2. The van der Waals surface area contributed by atoms with E-state index in [1.807, 2.05) is 0 Å². The van der Waals surface area contributed by atoms with Crippen LogP contribution in [0.4, 0.5) is 10.1 Å². The van der Waals surface area contributed by atoms with Crippen molar-refractivity contribution >= 4 is 33.2 Å². The van der Waals surface area contributed by atoms with Gasteiger partial charge in [0.2, 0.25) is 10.0 Å². The molecule has 162 valence electrons.